The number of hydrogen-bond acceptors (Lipinski definition) is 6. The van der Waals surface area contributed by atoms with Crippen LogP contribution in [-0.2, 0) is 18.6 Å². The molecule has 0 saturated carbocycles. The van der Waals surface area contributed by atoms with Crippen LogP contribution in [0.2, 0.25) is 0 Å². The number of aromatic nitrogens is 1. The highest BCUT2D eigenvalue weighted by molar-refractivity contribution is 8.13. The summed E-state index contributed by atoms with van der Waals surface area (Å²) in [7, 11) is 2.23. The summed E-state index contributed by atoms with van der Waals surface area (Å²) in [6, 6.07) is 2.00. The Morgan fingerprint density at radius 2 is 2.00 bits per heavy atom. The van der Waals surface area contributed by atoms with Crippen molar-refractivity contribution in [1.29, 1.82) is 0 Å². The van der Waals surface area contributed by atoms with Crippen LogP contribution in [0.15, 0.2) is 17.0 Å². The van der Waals surface area contributed by atoms with E-state index < -0.39 is 20.9 Å². The molecule has 0 bridgehead atoms. The van der Waals surface area contributed by atoms with Gasteiger partial charge in [0.15, 0.2) is 5.69 Å². The highest BCUT2D eigenvalue weighted by atomic mass is 35.7. The van der Waals surface area contributed by atoms with Gasteiger partial charge in [-0.25, -0.2) is 18.2 Å². The lowest BCUT2D eigenvalue weighted by molar-refractivity contribution is -0.114. The second kappa shape index (κ2) is 5.32. The van der Waals surface area contributed by atoms with Gasteiger partial charge in [-0.3, -0.25) is 4.79 Å². The molecule has 98 valence electrons. The maximum atomic E-state index is 11.3. The van der Waals surface area contributed by atoms with E-state index >= 15 is 0 Å². The molecular weight excluding hydrogens is 284 g/mol. The lowest BCUT2D eigenvalue weighted by Crippen LogP contribution is -2.12. The van der Waals surface area contributed by atoms with Crippen molar-refractivity contribution < 1.29 is 22.7 Å². The summed E-state index contributed by atoms with van der Waals surface area (Å²) in [5.41, 5.74) is -0.275. The number of methoxy groups -OCH3 is 1. The first-order valence-electron chi connectivity index (χ1n) is 4.56. The molecule has 0 aliphatic rings. The number of esters is 1. The normalized spacial score (nSPS) is 10.8. The lowest BCUT2D eigenvalue weighted by atomic mass is 10.3. The maximum Gasteiger partial charge on any atom is 0.356 e. The average Bonchev–Trinajstić information content (AvgIpc) is 2.25. The first-order valence-corrected chi connectivity index (χ1v) is 6.87. The number of halogens is 1. The number of rotatable bonds is 3. The molecule has 0 saturated heterocycles. The van der Waals surface area contributed by atoms with Crippen molar-refractivity contribution in [2.75, 3.05) is 12.4 Å². The van der Waals surface area contributed by atoms with Crippen LogP contribution < -0.4 is 5.32 Å². The van der Waals surface area contributed by atoms with Crippen LogP contribution in [0.1, 0.15) is 17.4 Å². The van der Waals surface area contributed by atoms with Gasteiger partial charge in [-0.05, 0) is 6.07 Å². The number of ether oxygens (including phenoxy) is 1. The average molecular weight is 293 g/mol. The third-order valence-corrected chi connectivity index (χ3v) is 3.11. The largest absolute Gasteiger partial charge is 0.464 e. The fourth-order valence-electron chi connectivity index (χ4n) is 1.10. The molecule has 9 heteroatoms. The number of nitrogens with zero attached hydrogens (tertiary/aromatic N) is 1. The second-order valence-electron chi connectivity index (χ2n) is 3.18. The zero-order chi connectivity index (χ0) is 13.9. The Morgan fingerprint density at radius 1 is 1.39 bits per heavy atom. The Hall–Kier alpha value is -1.67. The molecule has 18 heavy (non-hydrogen) atoms. The zero-order valence-corrected chi connectivity index (χ0v) is 11.0. The van der Waals surface area contributed by atoms with Crippen LogP contribution in [0.25, 0.3) is 0 Å². The summed E-state index contributed by atoms with van der Waals surface area (Å²) in [5.74, 6) is -1.42. The topological polar surface area (TPSA) is 102 Å². The van der Waals surface area contributed by atoms with Crippen molar-refractivity contribution in [2.24, 2.45) is 0 Å². The van der Waals surface area contributed by atoms with E-state index in [-0.39, 0.29) is 16.4 Å². The third-order valence-electron chi connectivity index (χ3n) is 1.78. The number of carbonyl (C=O) groups is 2. The number of anilines is 1. The van der Waals surface area contributed by atoms with E-state index in [9.17, 15) is 18.0 Å². The number of carbonyl (C=O) groups excluding carboxylic acids is 2. The van der Waals surface area contributed by atoms with Crippen molar-refractivity contribution in [1.82, 2.24) is 4.98 Å². The number of amides is 1. The molecule has 0 radical (unpaired) electrons. The SMILES string of the molecule is COC(=O)c1cc(S(=O)(=O)Cl)cc(NC(C)=O)n1. The summed E-state index contributed by atoms with van der Waals surface area (Å²) in [6.45, 7) is 1.21. The predicted molar refractivity (Wildman–Crippen MR) is 62.9 cm³/mol. The quantitative estimate of drug-likeness (QED) is 0.651. The van der Waals surface area contributed by atoms with E-state index in [1.807, 2.05) is 0 Å². The monoisotopic (exact) mass is 292 g/mol. The van der Waals surface area contributed by atoms with Crippen LogP contribution in [0.3, 0.4) is 0 Å². The summed E-state index contributed by atoms with van der Waals surface area (Å²) in [4.78, 5) is 25.5. The molecule has 7 nitrogen and oxygen atoms in total. The third kappa shape index (κ3) is 3.67. The van der Waals surface area contributed by atoms with Gasteiger partial charge >= 0.3 is 5.97 Å². The minimum Gasteiger partial charge on any atom is -0.464 e. The van der Waals surface area contributed by atoms with Crippen LogP contribution >= 0.6 is 10.7 Å². The Bertz CT molecular complexity index is 599. The molecule has 0 aliphatic carbocycles. The van der Waals surface area contributed by atoms with Gasteiger partial charge in [0.1, 0.15) is 5.82 Å². The van der Waals surface area contributed by atoms with Crippen molar-refractivity contribution in [3.63, 3.8) is 0 Å². The summed E-state index contributed by atoms with van der Waals surface area (Å²) in [5, 5.41) is 2.26. The molecule has 0 aliphatic heterocycles. The zero-order valence-electron chi connectivity index (χ0n) is 9.43. The van der Waals surface area contributed by atoms with Gasteiger partial charge in [-0.15, -0.1) is 0 Å². The van der Waals surface area contributed by atoms with Gasteiger partial charge in [0, 0.05) is 23.7 Å². The highest BCUT2D eigenvalue weighted by Crippen LogP contribution is 2.19. The molecule has 0 spiro atoms. The fraction of sp³-hybridized carbons (Fsp3) is 0.222. The molecule has 1 rings (SSSR count). The molecule has 1 heterocycles. The minimum atomic E-state index is -4.05. The fourth-order valence-corrected chi connectivity index (χ4v) is 1.87. The summed E-state index contributed by atoms with van der Waals surface area (Å²) >= 11 is 0. The maximum absolute atomic E-state index is 11.3. The highest BCUT2D eigenvalue weighted by Gasteiger charge is 2.18. The molecule has 0 atom stereocenters. The van der Waals surface area contributed by atoms with Crippen LogP contribution in [0, 0.1) is 0 Å². The molecule has 1 amide bonds. The van der Waals surface area contributed by atoms with E-state index in [1.54, 1.807) is 0 Å². The van der Waals surface area contributed by atoms with Crippen molar-refractivity contribution in [2.45, 2.75) is 11.8 Å². The van der Waals surface area contributed by atoms with Crippen molar-refractivity contribution in [3.8, 4) is 0 Å². The van der Waals surface area contributed by atoms with Gasteiger partial charge in [-0.2, -0.15) is 0 Å². The standard InChI is InChI=1S/C9H9ClN2O5S/c1-5(13)11-8-4-6(18(10,15)16)3-7(12-8)9(14)17-2/h3-4H,1-2H3,(H,11,12,13). The van der Waals surface area contributed by atoms with Crippen LogP contribution in [0.5, 0.6) is 0 Å². The Labute approximate surface area is 108 Å². The van der Waals surface area contributed by atoms with E-state index in [4.69, 9.17) is 10.7 Å². The molecular formula is C9H9ClN2O5S. The van der Waals surface area contributed by atoms with Gasteiger partial charge < -0.3 is 10.1 Å². The van der Waals surface area contributed by atoms with Crippen LogP contribution in [0.4, 0.5) is 5.82 Å². The Morgan fingerprint density at radius 3 is 2.44 bits per heavy atom. The number of pyridine rings is 1. The van der Waals surface area contributed by atoms with E-state index in [2.05, 4.69) is 15.0 Å². The summed E-state index contributed by atoms with van der Waals surface area (Å²) in [6.07, 6.45) is 0. The van der Waals surface area contributed by atoms with Crippen molar-refractivity contribution >= 4 is 37.4 Å². The van der Waals surface area contributed by atoms with Gasteiger partial charge in [0.05, 0.1) is 12.0 Å². The van der Waals surface area contributed by atoms with E-state index in [0.717, 1.165) is 19.2 Å². The van der Waals surface area contributed by atoms with Gasteiger partial charge in [-0.1, -0.05) is 0 Å². The molecule has 0 fully saturated rings. The van der Waals surface area contributed by atoms with Gasteiger partial charge in [0.2, 0.25) is 5.91 Å². The summed E-state index contributed by atoms with van der Waals surface area (Å²) < 4.78 is 26.8. The molecule has 1 N–H and O–H groups in total. The lowest BCUT2D eigenvalue weighted by Gasteiger charge is -2.06. The molecule has 1 aromatic rings. The number of hydrogen-bond donors (Lipinski definition) is 1. The smallest absolute Gasteiger partial charge is 0.356 e. The van der Waals surface area contributed by atoms with Crippen LogP contribution in [-0.4, -0.2) is 32.4 Å². The first kappa shape index (κ1) is 14.4. The Balaban J connectivity index is 3.38. The van der Waals surface area contributed by atoms with E-state index in [1.165, 1.54) is 6.92 Å². The van der Waals surface area contributed by atoms with Crippen molar-refractivity contribution in [3.05, 3.63) is 17.8 Å². The molecule has 0 aromatic carbocycles. The molecule has 1 aromatic heterocycles. The second-order valence-corrected chi connectivity index (χ2v) is 5.75. The Kier molecular flexibility index (Phi) is 4.25. The number of nitrogens with one attached hydrogen (secondary N) is 1. The first-order chi connectivity index (χ1) is 8.24. The molecule has 0 unspecified atom stereocenters. The minimum absolute atomic E-state index is 0.107. The predicted octanol–water partition coefficient (Wildman–Crippen LogP) is 0.754. The van der Waals surface area contributed by atoms with E-state index in [0.29, 0.717) is 0 Å². The van der Waals surface area contributed by atoms with Gasteiger partial charge in [0.25, 0.3) is 9.05 Å².